The Bertz CT molecular complexity index is 1640. The Hall–Kier alpha value is -3.54. The van der Waals surface area contributed by atoms with Gasteiger partial charge >= 0.3 is 0 Å². The quantitative estimate of drug-likeness (QED) is 0.207. The van der Waals surface area contributed by atoms with Gasteiger partial charge in [0.1, 0.15) is 11.9 Å². The number of hydrogen-bond acceptors (Lipinski definition) is 10. The molecule has 1 fully saturated rings. The number of nitriles is 1. The molecule has 3 heterocycles. The van der Waals surface area contributed by atoms with Crippen LogP contribution in [0, 0.1) is 29.5 Å². The predicted molar refractivity (Wildman–Crippen MR) is 151 cm³/mol. The van der Waals surface area contributed by atoms with Gasteiger partial charge < -0.3 is 15.4 Å². The molecule has 0 bridgehead atoms. The van der Waals surface area contributed by atoms with Gasteiger partial charge in [-0.1, -0.05) is 23.2 Å². The van der Waals surface area contributed by atoms with Crippen LogP contribution in [-0.2, 0) is 10.0 Å². The highest BCUT2D eigenvalue weighted by molar-refractivity contribution is 7.88. The van der Waals surface area contributed by atoms with Crippen LogP contribution in [0.5, 0.6) is 5.75 Å². The molecule has 0 saturated carbocycles. The summed E-state index contributed by atoms with van der Waals surface area (Å²) >= 11 is 12.5. The molecule has 11 nitrogen and oxygen atoms in total. The van der Waals surface area contributed by atoms with Gasteiger partial charge in [0, 0.05) is 67.0 Å². The Morgan fingerprint density at radius 2 is 1.88 bits per heavy atom. The highest BCUT2D eigenvalue weighted by Gasteiger charge is 2.26. The molecule has 0 aliphatic carbocycles. The lowest BCUT2D eigenvalue weighted by molar-refractivity contribution is 0.204. The lowest BCUT2D eigenvalue weighted by atomic mass is 10.00. The van der Waals surface area contributed by atoms with Crippen molar-refractivity contribution in [1.29, 1.82) is 10.7 Å². The molecule has 1 aliphatic heterocycles. The third-order valence-electron chi connectivity index (χ3n) is 6.38. The first-order valence-electron chi connectivity index (χ1n) is 11.8. The summed E-state index contributed by atoms with van der Waals surface area (Å²) < 4.78 is 45.4. The van der Waals surface area contributed by atoms with Crippen LogP contribution in [0.2, 0.25) is 10.0 Å². The van der Waals surface area contributed by atoms with E-state index >= 15 is 0 Å². The zero-order valence-electron chi connectivity index (χ0n) is 21.5. The van der Waals surface area contributed by atoms with E-state index < -0.39 is 22.1 Å². The number of sulfonamides is 1. The standard InChI is InChI=1S/C25H25Cl2FN8O3S/c1-13-22(27)21(17(26)12-33-13)24(32)39-20-8-16(19(30)9-18(20)28)23(31)15-7-14(10-29)25(34-11-15)35-3-5-36(6-4-35)40(2,37)38/h7-9,11-12,24,31H,3-6,30,32H2,1-2H3/t24-/m0/s1. The summed E-state index contributed by atoms with van der Waals surface area (Å²) in [6, 6.07) is 5.78. The molecule has 5 N–H and O–H groups in total. The monoisotopic (exact) mass is 606 g/mol. The SMILES string of the molecule is Cc1ncc(Cl)c([C@@H](N)Oc2cc(C(=N)c3cnc(N4CCN(S(C)(=O)=O)CC4)c(C#N)c3)c(N)cc2F)c1Cl. The number of halogens is 3. The number of nitrogens with zero attached hydrogens (tertiary/aromatic N) is 5. The van der Waals surface area contributed by atoms with Gasteiger partial charge in [0.25, 0.3) is 0 Å². The number of anilines is 2. The van der Waals surface area contributed by atoms with Gasteiger partial charge in [-0.3, -0.25) is 16.1 Å². The van der Waals surface area contributed by atoms with E-state index in [1.807, 2.05) is 4.90 Å². The molecule has 0 spiro atoms. The maximum Gasteiger partial charge on any atom is 0.211 e. The van der Waals surface area contributed by atoms with E-state index in [9.17, 15) is 18.1 Å². The number of aryl methyl sites for hydroxylation is 1. The van der Waals surface area contributed by atoms with Crippen molar-refractivity contribution >= 4 is 50.4 Å². The van der Waals surface area contributed by atoms with Crippen LogP contribution in [0.4, 0.5) is 15.9 Å². The van der Waals surface area contributed by atoms with E-state index in [1.54, 1.807) is 6.92 Å². The van der Waals surface area contributed by atoms with Crippen molar-refractivity contribution in [1.82, 2.24) is 14.3 Å². The minimum atomic E-state index is -3.32. The molecule has 0 amide bonds. The van der Waals surface area contributed by atoms with Crippen LogP contribution in [-0.4, -0.2) is 60.8 Å². The third kappa shape index (κ3) is 5.96. The summed E-state index contributed by atoms with van der Waals surface area (Å²) in [6.45, 7) is 2.87. The number of nitrogens with two attached hydrogens (primary N) is 2. The van der Waals surface area contributed by atoms with Crippen molar-refractivity contribution < 1.29 is 17.5 Å². The van der Waals surface area contributed by atoms with Crippen LogP contribution in [0.3, 0.4) is 0 Å². The molecule has 1 atom stereocenters. The normalized spacial score (nSPS) is 15.0. The van der Waals surface area contributed by atoms with Crippen molar-refractivity contribution in [2.75, 3.05) is 43.1 Å². The fourth-order valence-electron chi connectivity index (χ4n) is 4.23. The molecule has 1 aromatic carbocycles. The van der Waals surface area contributed by atoms with Crippen molar-refractivity contribution in [3.05, 3.63) is 74.4 Å². The summed E-state index contributed by atoms with van der Waals surface area (Å²) in [4.78, 5) is 10.2. The molecule has 1 aliphatic rings. The zero-order chi connectivity index (χ0) is 29.4. The first-order valence-corrected chi connectivity index (χ1v) is 14.4. The van der Waals surface area contributed by atoms with Gasteiger partial charge in [-0.2, -0.15) is 9.57 Å². The first-order chi connectivity index (χ1) is 18.8. The topological polar surface area (TPSA) is 175 Å². The fraction of sp³-hybridized carbons (Fsp3) is 0.280. The van der Waals surface area contributed by atoms with Crippen LogP contribution in [0.15, 0.2) is 30.6 Å². The average Bonchev–Trinajstić information content (AvgIpc) is 2.91. The second kappa shape index (κ2) is 11.5. The van der Waals surface area contributed by atoms with E-state index in [-0.39, 0.29) is 62.5 Å². The van der Waals surface area contributed by atoms with Crippen molar-refractivity contribution in [3.8, 4) is 11.8 Å². The van der Waals surface area contributed by atoms with Crippen LogP contribution in [0.25, 0.3) is 0 Å². The smallest absolute Gasteiger partial charge is 0.211 e. The van der Waals surface area contributed by atoms with Crippen molar-refractivity contribution in [2.24, 2.45) is 5.73 Å². The number of aromatic nitrogens is 2. The second-order valence-corrected chi connectivity index (χ2v) is 11.8. The van der Waals surface area contributed by atoms with E-state index in [0.717, 1.165) is 12.3 Å². The molecule has 1 saturated heterocycles. The van der Waals surface area contributed by atoms with E-state index in [2.05, 4.69) is 16.0 Å². The van der Waals surface area contributed by atoms with Gasteiger partial charge in [-0.05, 0) is 19.1 Å². The number of benzene rings is 1. The van der Waals surface area contributed by atoms with Gasteiger partial charge in [0.2, 0.25) is 10.0 Å². The Morgan fingerprint density at radius 1 is 1.20 bits per heavy atom. The predicted octanol–water partition coefficient (Wildman–Crippen LogP) is 3.22. The minimum absolute atomic E-state index is 0.0428. The molecule has 2 aromatic heterocycles. The number of nitrogens with one attached hydrogen (secondary N) is 1. The summed E-state index contributed by atoms with van der Waals surface area (Å²) in [5.74, 6) is -0.741. The fourth-order valence-corrected chi connectivity index (χ4v) is 5.61. The number of nitrogen functional groups attached to an aromatic ring is 1. The van der Waals surface area contributed by atoms with E-state index in [4.69, 9.17) is 44.8 Å². The summed E-state index contributed by atoms with van der Waals surface area (Å²) in [5, 5.41) is 18.8. The van der Waals surface area contributed by atoms with Crippen molar-refractivity contribution in [2.45, 2.75) is 13.2 Å². The number of piperazine rings is 1. The van der Waals surface area contributed by atoms with Crippen LogP contribution in [0.1, 0.15) is 34.2 Å². The Labute approximate surface area is 240 Å². The minimum Gasteiger partial charge on any atom is -0.468 e. The summed E-state index contributed by atoms with van der Waals surface area (Å²) in [7, 11) is -3.32. The van der Waals surface area contributed by atoms with Gasteiger partial charge in [0.15, 0.2) is 17.8 Å². The molecule has 15 heteroatoms. The zero-order valence-corrected chi connectivity index (χ0v) is 23.8. The Balaban J connectivity index is 1.60. The molecule has 210 valence electrons. The van der Waals surface area contributed by atoms with Gasteiger partial charge in [-0.15, -0.1) is 0 Å². The summed E-state index contributed by atoms with van der Waals surface area (Å²) in [6.07, 6.45) is 2.65. The largest absolute Gasteiger partial charge is 0.468 e. The molecule has 40 heavy (non-hydrogen) atoms. The maximum atomic E-state index is 14.8. The molecular weight excluding hydrogens is 582 g/mol. The lowest BCUT2D eigenvalue weighted by Gasteiger charge is -2.34. The average molecular weight is 607 g/mol. The molecular formula is C25H25Cl2FN8O3S. The third-order valence-corrected chi connectivity index (χ3v) is 8.46. The first kappa shape index (κ1) is 29.4. The molecule has 0 radical (unpaired) electrons. The van der Waals surface area contributed by atoms with Gasteiger partial charge in [-0.25, -0.2) is 17.8 Å². The second-order valence-electron chi connectivity index (χ2n) is 9.06. The number of pyridine rings is 2. The summed E-state index contributed by atoms with van der Waals surface area (Å²) in [5.41, 5.74) is 13.2. The van der Waals surface area contributed by atoms with Crippen molar-refractivity contribution in [3.63, 3.8) is 0 Å². The Morgan fingerprint density at radius 3 is 2.50 bits per heavy atom. The molecule has 4 rings (SSSR count). The van der Waals surface area contributed by atoms with Crippen LogP contribution < -0.4 is 21.1 Å². The number of ether oxygens (including phenoxy) is 1. The van der Waals surface area contributed by atoms with E-state index in [0.29, 0.717) is 24.6 Å². The van der Waals surface area contributed by atoms with E-state index in [1.165, 1.54) is 28.8 Å². The number of hydrogen-bond donors (Lipinski definition) is 3. The number of rotatable bonds is 7. The van der Waals surface area contributed by atoms with Gasteiger partial charge in [0.05, 0.1) is 33.3 Å². The Kier molecular flexibility index (Phi) is 8.48. The van der Waals surface area contributed by atoms with Crippen LogP contribution >= 0.6 is 23.2 Å². The molecule has 0 unspecified atom stereocenters. The molecule has 3 aromatic rings. The highest BCUT2D eigenvalue weighted by Crippen LogP contribution is 2.34. The highest BCUT2D eigenvalue weighted by atomic mass is 35.5. The lowest BCUT2D eigenvalue weighted by Crippen LogP contribution is -2.48. The maximum absolute atomic E-state index is 14.8.